The highest BCUT2D eigenvalue weighted by Crippen LogP contribution is 2.06. The predicted molar refractivity (Wildman–Crippen MR) is 61.4 cm³/mol. The van der Waals surface area contributed by atoms with E-state index in [2.05, 4.69) is 0 Å². The van der Waals surface area contributed by atoms with Crippen LogP contribution in [0.3, 0.4) is 0 Å². The van der Waals surface area contributed by atoms with Gasteiger partial charge in [-0.3, -0.25) is 5.01 Å². The maximum Gasteiger partial charge on any atom is 0.334 e. The molecule has 94 valence electrons. The van der Waals surface area contributed by atoms with E-state index in [0.717, 1.165) is 11.4 Å². The van der Waals surface area contributed by atoms with Crippen LogP contribution in [0.15, 0.2) is 0 Å². The third-order valence-electron chi connectivity index (χ3n) is 2.53. The molecule has 1 saturated heterocycles. The topological polar surface area (TPSA) is 83.7 Å². The Morgan fingerprint density at radius 1 is 1.31 bits per heavy atom. The fraction of sp³-hybridized carbons (Fsp3) is 0.889. The third kappa shape index (κ3) is 3.64. The van der Waals surface area contributed by atoms with E-state index < -0.39 is 9.84 Å². The molecule has 0 atom stereocenters. The van der Waals surface area contributed by atoms with Crippen molar-refractivity contribution in [2.75, 3.05) is 31.1 Å². The van der Waals surface area contributed by atoms with E-state index in [4.69, 9.17) is 5.84 Å². The third-order valence-corrected chi connectivity index (χ3v) is 4.37. The van der Waals surface area contributed by atoms with E-state index in [1.807, 2.05) is 6.92 Å². The summed E-state index contributed by atoms with van der Waals surface area (Å²) in [5.74, 6) is 5.67. The van der Waals surface area contributed by atoms with Gasteiger partial charge in [-0.2, -0.15) is 0 Å². The first-order chi connectivity index (χ1) is 7.46. The number of hydrogen-bond donors (Lipinski definition) is 1. The van der Waals surface area contributed by atoms with Crippen LogP contribution in [-0.2, 0) is 9.84 Å². The summed E-state index contributed by atoms with van der Waals surface area (Å²) in [5.41, 5.74) is 0. The summed E-state index contributed by atoms with van der Waals surface area (Å²) < 4.78 is 23.0. The van der Waals surface area contributed by atoms with Crippen LogP contribution in [0.4, 0.5) is 4.79 Å². The highest BCUT2D eigenvalue weighted by atomic mass is 32.2. The molecule has 0 saturated carbocycles. The van der Waals surface area contributed by atoms with Gasteiger partial charge in [0.25, 0.3) is 0 Å². The molecule has 0 bridgehead atoms. The highest BCUT2D eigenvalue weighted by molar-refractivity contribution is 7.91. The summed E-state index contributed by atoms with van der Waals surface area (Å²) in [6.45, 7) is 3.20. The van der Waals surface area contributed by atoms with Gasteiger partial charge >= 0.3 is 6.03 Å². The predicted octanol–water partition coefficient (Wildman–Crippen LogP) is -0.187. The summed E-state index contributed by atoms with van der Waals surface area (Å²) in [6, 6.07) is -0.280. The van der Waals surface area contributed by atoms with Gasteiger partial charge in [0.2, 0.25) is 0 Å². The molecule has 0 aliphatic carbocycles. The van der Waals surface area contributed by atoms with E-state index in [0.29, 0.717) is 19.5 Å². The van der Waals surface area contributed by atoms with Crippen molar-refractivity contribution in [2.24, 2.45) is 5.84 Å². The summed E-state index contributed by atoms with van der Waals surface area (Å²) in [6.07, 6.45) is 1.40. The van der Waals surface area contributed by atoms with E-state index >= 15 is 0 Å². The van der Waals surface area contributed by atoms with Crippen molar-refractivity contribution < 1.29 is 13.2 Å². The number of nitrogens with two attached hydrogens (primary N) is 1. The van der Waals surface area contributed by atoms with Crippen molar-refractivity contribution in [2.45, 2.75) is 19.8 Å². The van der Waals surface area contributed by atoms with Crippen LogP contribution in [0.25, 0.3) is 0 Å². The van der Waals surface area contributed by atoms with Crippen molar-refractivity contribution in [1.82, 2.24) is 9.91 Å². The number of sulfone groups is 1. The van der Waals surface area contributed by atoms with Crippen molar-refractivity contribution in [3.8, 4) is 0 Å². The van der Waals surface area contributed by atoms with Crippen LogP contribution in [0.1, 0.15) is 19.8 Å². The van der Waals surface area contributed by atoms with Gasteiger partial charge in [0.1, 0.15) is 0 Å². The molecular formula is C9H19N3O3S. The van der Waals surface area contributed by atoms with Crippen molar-refractivity contribution in [1.29, 1.82) is 0 Å². The Labute approximate surface area is 96.3 Å². The Balaban J connectivity index is 2.46. The molecule has 1 heterocycles. The lowest BCUT2D eigenvalue weighted by atomic mass is 10.3. The quantitative estimate of drug-likeness (QED) is 0.541. The summed E-state index contributed by atoms with van der Waals surface area (Å²) in [4.78, 5) is 13.0. The minimum absolute atomic E-state index is 0.0282. The van der Waals surface area contributed by atoms with Gasteiger partial charge in [-0.25, -0.2) is 19.1 Å². The SMILES string of the molecule is CCCS(=O)(=O)CCN1CCCN(N)C1=O. The monoisotopic (exact) mass is 249 g/mol. The molecule has 0 radical (unpaired) electrons. The molecule has 0 spiro atoms. The number of carbonyl (C=O) groups is 1. The lowest BCUT2D eigenvalue weighted by Gasteiger charge is -2.32. The van der Waals surface area contributed by atoms with Gasteiger partial charge in [0, 0.05) is 25.4 Å². The van der Waals surface area contributed by atoms with Crippen molar-refractivity contribution in [3.63, 3.8) is 0 Å². The molecule has 7 heteroatoms. The second kappa shape index (κ2) is 5.49. The lowest BCUT2D eigenvalue weighted by molar-refractivity contribution is 0.133. The molecule has 0 unspecified atom stereocenters. The fourth-order valence-electron chi connectivity index (χ4n) is 1.67. The average molecular weight is 249 g/mol. The Bertz CT molecular complexity index is 342. The molecule has 6 nitrogen and oxygen atoms in total. The molecular weight excluding hydrogens is 230 g/mol. The molecule has 16 heavy (non-hydrogen) atoms. The first kappa shape index (κ1) is 13.2. The molecule has 1 rings (SSSR count). The molecule has 1 aliphatic heterocycles. The first-order valence-corrected chi connectivity index (χ1v) is 7.30. The van der Waals surface area contributed by atoms with Crippen LogP contribution in [0.2, 0.25) is 0 Å². The highest BCUT2D eigenvalue weighted by Gasteiger charge is 2.24. The number of rotatable bonds is 5. The van der Waals surface area contributed by atoms with Crippen molar-refractivity contribution in [3.05, 3.63) is 0 Å². The zero-order valence-corrected chi connectivity index (χ0v) is 10.4. The van der Waals surface area contributed by atoms with Crippen LogP contribution >= 0.6 is 0 Å². The number of hydrogen-bond acceptors (Lipinski definition) is 4. The number of nitrogens with zero attached hydrogens (tertiary/aromatic N) is 2. The minimum Gasteiger partial charge on any atom is -0.322 e. The Morgan fingerprint density at radius 2 is 2.00 bits per heavy atom. The van der Waals surface area contributed by atoms with Gasteiger partial charge < -0.3 is 4.90 Å². The maximum absolute atomic E-state index is 11.5. The van der Waals surface area contributed by atoms with E-state index in [1.165, 1.54) is 4.90 Å². The van der Waals surface area contributed by atoms with Crippen LogP contribution in [0, 0.1) is 0 Å². The second-order valence-electron chi connectivity index (χ2n) is 3.97. The first-order valence-electron chi connectivity index (χ1n) is 5.48. The second-order valence-corrected chi connectivity index (χ2v) is 6.27. The zero-order chi connectivity index (χ0) is 12.2. The molecule has 0 aromatic rings. The molecule has 0 aromatic carbocycles. The Kier molecular flexibility index (Phi) is 4.55. The summed E-state index contributed by atoms with van der Waals surface area (Å²) in [7, 11) is -3.03. The summed E-state index contributed by atoms with van der Waals surface area (Å²) >= 11 is 0. The van der Waals surface area contributed by atoms with Gasteiger partial charge in [0.15, 0.2) is 9.84 Å². The van der Waals surface area contributed by atoms with Crippen LogP contribution < -0.4 is 5.84 Å². The molecule has 2 N–H and O–H groups in total. The van der Waals surface area contributed by atoms with Gasteiger partial charge in [-0.15, -0.1) is 0 Å². The molecule has 0 aromatic heterocycles. The Morgan fingerprint density at radius 3 is 2.62 bits per heavy atom. The number of urea groups is 1. The van der Waals surface area contributed by atoms with Gasteiger partial charge in [-0.1, -0.05) is 6.92 Å². The lowest BCUT2D eigenvalue weighted by Crippen LogP contribution is -2.53. The van der Waals surface area contributed by atoms with Crippen LogP contribution in [-0.4, -0.2) is 55.5 Å². The smallest absolute Gasteiger partial charge is 0.322 e. The van der Waals surface area contributed by atoms with E-state index in [1.54, 1.807) is 0 Å². The average Bonchev–Trinajstić information content (AvgIpc) is 2.20. The largest absolute Gasteiger partial charge is 0.334 e. The Hall–Kier alpha value is -0.820. The number of carbonyl (C=O) groups excluding carboxylic acids is 1. The molecule has 1 aliphatic rings. The standard InChI is InChI=1S/C9H19N3O3S/c1-2-7-16(14,15)8-6-11-4-3-5-12(10)9(11)13/h2-8,10H2,1H3. The van der Waals surface area contributed by atoms with E-state index in [9.17, 15) is 13.2 Å². The molecule has 2 amide bonds. The van der Waals surface area contributed by atoms with Gasteiger partial charge in [-0.05, 0) is 12.8 Å². The number of hydrazine groups is 1. The zero-order valence-electron chi connectivity index (χ0n) is 9.55. The normalized spacial score (nSPS) is 18.0. The van der Waals surface area contributed by atoms with Crippen LogP contribution in [0.5, 0.6) is 0 Å². The fourth-order valence-corrected chi connectivity index (χ4v) is 3.00. The van der Waals surface area contributed by atoms with Crippen molar-refractivity contribution >= 4 is 15.9 Å². The van der Waals surface area contributed by atoms with Gasteiger partial charge in [0.05, 0.1) is 5.75 Å². The maximum atomic E-state index is 11.5. The minimum atomic E-state index is -3.03. The van der Waals surface area contributed by atoms with E-state index in [-0.39, 0.29) is 24.1 Å². The molecule has 1 fully saturated rings. The number of amides is 2. The summed E-state index contributed by atoms with van der Waals surface area (Å²) in [5, 5.41) is 1.13.